The fourth-order valence-corrected chi connectivity index (χ4v) is 4.48. The van der Waals surface area contributed by atoms with E-state index in [1.165, 1.54) is 18.2 Å². The molecule has 2 aromatic rings. The van der Waals surface area contributed by atoms with Crippen LogP contribution in [0.4, 0.5) is 10.1 Å². The van der Waals surface area contributed by atoms with Crippen LogP contribution >= 0.6 is 0 Å². The molecular weight excluding hydrogens is 365 g/mol. The van der Waals surface area contributed by atoms with Gasteiger partial charge in [0.1, 0.15) is 5.82 Å². The van der Waals surface area contributed by atoms with E-state index in [0.29, 0.717) is 0 Å². The van der Waals surface area contributed by atoms with Gasteiger partial charge in [0.15, 0.2) is 0 Å². The molecule has 1 N–H and O–H groups in total. The zero-order valence-corrected chi connectivity index (χ0v) is 16.5. The van der Waals surface area contributed by atoms with Crippen LogP contribution in [0.2, 0.25) is 0 Å². The van der Waals surface area contributed by atoms with Crippen LogP contribution in [0, 0.1) is 5.82 Å². The Balaban J connectivity index is 1.79. The minimum atomic E-state index is -3.76. The van der Waals surface area contributed by atoms with Gasteiger partial charge in [-0.25, -0.2) is 17.5 Å². The van der Waals surface area contributed by atoms with Crippen molar-refractivity contribution in [1.82, 2.24) is 9.62 Å². The van der Waals surface area contributed by atoms with Gasteiger partial charge >= 0.3 is 0 Å². The third-order valence-electron chi connectivity index (χ3n) is 4.95. The van der Waals surface area contributed by atoms with Gasteiger partial charge in [0.25, 0.3) is 0 Å². The molecule has 7 heteroatoms. The molecule has 3 rings (SSSR count). The predicted octanol–water partition coefficient (Wildman–Crippen LogP) is 3.01. The van der Waals surface area contributed by atoms with Crippen molar-refractivity contribution in [2.75, 3.05) is 38.6 Å². The van der Waals surface area contributed by atoms with Crippen molar-refractivity contribution in [2.45, 2.75) is 23.8 Å². The van der Waals surface area contributed by atoms with Gasteiger partial charge in [0.2, 0.25) is 10.0 Å². The number of rotatable bonds is 7. The quantitative estimate of drug-likeness (QED) is 0.788. The first-order chi connectivity index (χ1) is 12.9. The van der Waals surface area contributed by atoms with E-state index in [-0.39, 0.29) is 17.5 Å². The van der Waals surface area contributed by atoms with Crippen LogP contribution < -0.4 is 9.62 Å². The number of benzene rings is 2. The zero-order valence-electron chi connectivity index (χ0n) is 15.7. The Hall–Kier alpha value is -1.96. The zero-order chi connectivity index (χ0) is 19.4. The highest BCUT2D eigenvalue weighted by Gasteiger charge is 2.26. The number of likely N-dealkylation sites (tertiary alicyclic amines) is 1. The summed E-state index contributed by atoms with van der Waals surface area (Å²) in [5.74, 6) is -0.562. The summed E-state index contributed by atoms with van der Waals surface area (Å²) in [6.45, 7) is 2.14. The molecule has 0 amide bonds. The van der Waals surface area contributed by atoms with Crippen molar-refractivity contribution >= 4 is 15.7 Å². The minimum absolute atomic E-state index is 0.0490. The first-order valence-corrected chi connectivity index (χ1v) is 10.6. The number of nitrogens with zero attached hydrogens (tertiary/aromatic N) is 2. The van der Waals surface area contributed by atoms with Gasteiger partial charge in [-0.2, -0.15) is 0 Å². The first kappa shape index (κ1) is 19.8. The number of sulfonamides is 1. The summed E-state index contributed by atoms with van der Waals surface area (Å²) in [7, 11) is 0.210. The molecule has 0 radical (unpaired) electrons. The van der Waals surface area contributed by atoms with Crippen LogP contribution in [-0.2, 0) is 10.0 Å². The van der Waals surface area contributed by atoms with Gasteiger partial charge in [-0.15, -0.1) is 0 Å². The maximum Gasteiger partial charge on any atom is 0.240 e. The largest absolute Gasteiger partial charge is 0.378 e. The second-order valence-electron chi connectivity index (χ2n) is 7.05. The molecule has 27 heavy (non-hydrogen) atoms. The fraction of sp³-hybridized carbons (Fsp3) is 0.400. The molecule has 1 atom stereocenters. The van der Waals surface area contributed by atoms with Crippen molar-refractivity contribution in [3.63, 3.8) is 0 Å². The third kappa shape index (κ3) is 4.86. The van der Waals surface area contributed by atoms with Crippen LogP contribution in [0.25, 0.3) is 0 Å². The molecule has 0 aromatic heterocycles. The fourth-order valence-electron chi connectivity index (χ4n) is 3.41. The van der Waals surface area contributed by atoms with Gasteiger partial charge in [0.05, 0.1) is 4.90 Å². The van der Waals surface area contributed by atoms with E-state index in [4.69, 9.17) is 0 Å². The highest BCUT2D eigenvalue weighted by Crippen LogP contribution is 2.26. The van der Waals surface area contributed by atoms with Gasteiger partial charge in [-0.05, 0) is 61.8 Å². The maximum atomic E-state index is 13.4. The summed E-state index contributed by atoms with van der Waals surface area (Å²) < 4.78 is 41.2. The highest BCUT2D eigenvalue weighted by molar-refractivity contribution is 7.89. The molecule has 0 spiro atoms. The van der Waals surface area contributed by atoms with Crippen molar-refractivity contribution in [1.29, 1.82) is 0 Å². The average Bonchev–Trinajstić information content (AvgIpc) is 3.16. The lowest BCUT2D eigenvalue weighted by atomic mass is 10.1. The van der Waals surface area contributed by atoms with Crippen molar-refractivity contribution in [2.24, 2.45) is 0 Å². The molecule has 1 aliphatic rings. The summed E-state index contributed by atoms with van der Waals surface area (Å²) >= 11 is 0. The van der Waals surface area contributed by atoms with Crippen LogP contribution in [0.5, 0.6) is 0 Å². The SMILES string of the molecule is CN(C)c1ccc(C(CNS(=O)(=O)c2cccc(F)c2)N2CCCC2)cc1. The Morgan fingerprint density at radius 1 is 1.11 bits per heavy atom. The van der Waals surface area contributed by atoms with Crippen LogP contribution in [0.3, 0.4) is 0 Å². The molecule has 1 unspecified atom stereocenters. The average molecular weight is 392 g/mol. The van der Waals surface area contributed by atoms with Crippen LogP contribution in [0.15, 0.2) is 53.4 Å². The summed E-state index contributed by atoms with van der Waals surface area (Å²) in [4.78, 5) is 4.28. The number of nitrogens with one attached hydrogen (secondary N) is 1. The normalized spacial score (nSPS) is 16.4. The molecule has 146 valence electrons. The Kier molecular flexibility index (Phi) is 6.14. The predicted molar refractivity (Wildman–Crippen MR) is 106 cm³/mol. The molecule has 2 aromatic carbocycles. The second-order valence-corrected chi connectivity index (χ2v) is 8.82. The summed E-state index contributed by atoms with van der Waals surface area (Å²) in [5.41, 5.74) is 2.17. The van der Waals surface area contributed by atoms with Crippen molar-refractivity contribution < 1.29 is 12.8 Å². The van der Waals surface area contributed by atoms with Crippen LogP contribution in [-0.4, -0.2) is 47.0 Å². The molecule has 5 nitrogen and oxygen atoms in total. The molecule has 1 heterocycles. The van der Waals surface area contributed by atoms with E-state index in [1.807, 2.05) is 31.1 Å². The highest BCUT2D eigenvalue weighted by atomic mass is 32.2. The maximum absolute atomic E-state index is 13.4. The topological polar surface area (TPSA) is 52.7 Å². The van der Waals surface area contributed by atoms with E-state index in [2.05, 4.69) is 21.8 Å². The Bertz CT molecular complexity index is 863. The Labute approximate surface area is 160 Å². The number of hydrogen-bond acceptors (Lipinski definition) is 4. The standard InChI is InChI=1S/C20H26FN3O2S/c1-23(2)18-10-8-16(9-11-18)20(24-12-3-4-13-24)15-22-27(25,26)19-7-5-6-17(21)14-19/h5-11,14,20,22H,3-4,12-13,15H2,1-2H3. The lowest BCUT2D eigenvalue weighted by molar-refractivity contribution is 0.246. The molecule has 1 aliphatic heterocycles. The smallest absolute Gasteiger partial charge is 0.240 e. The van der Waals surface area contributed by atoms with E-state index in [0.717, 1.165) is 43.2 Å². The van der Waals surface area contributed by atoms with Gasteiger partial charge < -0.3 is 4.90 Å². The second kappa shape index (κ2) is 8.37. The lowest BCUT2D eigenvalue weighted by Gasteiger charge is -2.28. The van der Waals surface area contributed by atoms with E-state index in [1.54, 1.807) is 0 Å². The Morgan fingerprint density at radius 2 is 1.78 bits per heavy atom. The van der Waals surface area contributed by atoms with Gasteiger partial charge in [-0.1, -0.05) is 18.2 Å². The molecule has 0 saturated carbocycles. The lowest BCUT2D eigenvalue weighted by Crippen LogP contribution is -2.36. The van der Waals surface area contributed by atoms with E-state index < -0.39 is 15.8 Å². The van der Waals surface area contributed by atoms with E-state index >= 15 is 0 Å². The minimum Gasteiger partial charge on any atom is -0.378 e. The number of anilines is 1. The molecule has 0 aliphatic carbocycles. The first-order valence-electron chi connectivity index (χ1n) is 9.13. The summed E-state index contributed by atoms with van der Waals surface area (Å²) in [6, 6.07) is 13.2. The van der Waals surface area contributed by atoms with Crippen molar-refractivity contribution in [3.05, 3.63) is 59.9 Å². The van der Waals surface area contributed by atoms with Crippen LogP contribution in [0.1, 0.15) is 24.4 Å². The number of halogens is 1. The molecular formula is C20H26FN3O2S. The third-order valence-corrected chi connectivity index (χ3v) is 6.37. The Morgan fingerprint density at radius 3 is 2.37 bits per heavy atom. The summed E-state index contributed by atoms with van der Waals surface area (Å²) in [5, 5.41) is 0. The number of hydrogen-bond donors (Lipinski definition) is 1. The molecule has 1 saturated heterocycles. The van der Waals surface area contributed by atoms with Crippen molar-refractivity contribution in [3.8, 4) is 0 Å². The monoisotopic (exact) mass is 391 g/mol. The molecule has 1 fully saturated rings. The summed E-state index contributed by atoms with van der Waals surface area (Å²) in [6.07, 6.45) is 2.23. The molecule has 0 bridgehead atoms. The van der Waals surface area contributed by atoms with Gasteiger partial charge in [-0.3, -0.25) is 4.90 Å². The van der Waals surface area contributed by atoms with Gasteiger partial charge in [0, 0.05) is 32.4 Å². The van der Waals surface area contributed by atoms with E-state index in [9.17, 15) is 12.8 Å².